The van der Waals surface area contributed by atoms with E-state index in [1.807, 2.05) is 0 Å². The molecule has 20 heavy (non-hydrogen) atoms. The summed E-state index contributed by atoms with van der Waals surface area (Å²) >= 11 is 2.23. The smallest absolute Gasteiger partial charge is 0.0201 e. The Balaban J connectivity index is 2.12. The highest BCUT2D eigenvalue weighted by atomic mass is 32.2. The van der Waals surface area contributed by atoms with Gasteiger partial charge in [-0.05, 0) is 38.0 Å². The van der Waals surface area contributed by atoms with E-state index in [1.54, 1.807) is 0 Å². The summed E-state index contributed by atoms with van der Waals surface area (Å²) in [4.78, 5) is 0. The lowest BCUT2D eigenvalue weighted by atomic mass is 10.00. The lowest BCUT2D eigenvalue weighted by Gasteiger charge is -2.30. The molecular weight excluding hydrogens is 262 g/mol. The van der Waals surface area contributed by atoms with E-state index in [4.69, 9.17) is 0 Å². The van der Waals surface area contributed by atoms with Gasteiger partial charge in [-0.1, -0.05) is 65.2 Å². The summed E-state index contributed by atoms with van der Waals surface area (Å²) in [6, 6.07) is 0.788. The number of unbranched alkanes of at least 4 members (excludes halogenated alkanes) is 6. The Morgan fingerprint density at radius 1 is 0.950 bits per heavy atom. The summed E-state index contributed by atoms with van der Waals surface area (Å²) in [5.74, 6) is 1.39. The zero-order valence-electron chi connectivity index (χ0n) is 14.0. The maximum absolute atomic E-state index is 3.83. The fraction of sp³-hybridized carbons (Fsp3) is 1.00. The van der Waals surface area contributed by atoms with E-state index in [0.29, 0.717) is 0 Å². The second-order valence-electron chi connectivity index (χ2n) is 6.38. The Labute approximate surface area is 132 Å². The van der Waals surface area contributed by atoms with E-state index in [9.17, 15) is 0 Å². The average molecular weight is 300 g/mol. The molecule has 2 unspecified atom stereocenters. The predicted octanol–water partition coefficient (Wildman–Crippen LogP) is 5.78. The van der Waals surface area contributed by atoms with Gasteiger partial charge >= 0.3 is 0 Å². The van der Waals surface area contributed by atoms with Crippen molar-refractivity contribution in [3.63, 3.8) is 0 Å². The Morgan fingerprint density at radius 3 is 2.35 bits per heavy atom. The molecule has 0 bridgehead atoms. The quantitative estimate of drug-likeness (QED) is 0.458. The monoisotopic (exact) mass is 299 g/mol. The number of thioether (sulfide) groups is 1. The van der Waals surface area contributed by atoms with Gasteiger partial charge in [-0.25, -0.2) is 0 Å². The lowest BCUT2D eigenvalue weighted by molar-refractivity contribution is 0.420. The second-order valence-corrected chi connectivity index (χ2v) is 7.72. The maximum atomic E-state index is 3.83. The molecule has 0 aromatic carbocycles. The molecule has 120 valence electrons. The van der Waals surface area contributed by atoms with Crippen LogP contribution in [0.4, 0.5) is 0 Å². The van der Waals surface area contributed by atoms with Crippen LogP contribution in [0.5, 0.6) is 0 Å². The molecule has 0 amide bonds. The molecule has 0 aromatic rings. The van der Waals surface area contributed by atoms with Gasteiger partial charge in [0.15, 0.2) is 0 Å². The molecule has 0 radical (unpaired) electrons. The van der Waals surface area contributed by atoms with Crippen molar-refractivity contribution in [2.75, 3.05) is 12.3 Å². The molecule has 2 heteroatoms. The molecule has 0 aliphatic carbocycles. The van der Waals surface area contributed by atoms with Crippen molar-refractivity contribution in [2.24, 2.45) is 0 Å². The van der Waals surface area contributed by atoms with Crippen LogP contribution in [0, 0.1) is 0 Å². The van der Waals surface area contributed by atoms with Gasteiger partial charge in [-0.15, -0.1) is 0 Å². The van der Waals surface area contributed by atoms with E-state index in [0.717, 1.165) is 11.3 Å². The molecule has 0 spiro atoms. The van der Waals surface area contributed by atoms with E-state index >= 15 is 0 Å². The zero-order valence-corrected chi connectivity index (χ0v) is 14.8. The van der Waals surface area contributed by atoms with Gasteiger partial charge in [0.1, 0.15) is 0 Å². The third-order valence-electron chi connectivity index (χ3n) is 4.44. The number of nitrogens with one attached hydrogen (secondary N) is 1. The summed E-state index contributed by atoms with van der Waals surface area (Å²) < 4.78 is 0. The summed E-state index contributed by atoms with van der Waals surface area (Å²) in [7, 11) is 0. The molecule has 0 saturated carbocycles. The van der Waals surface area contributed by atoms with Crippen LogP contribution in [0.15, 0.2) is 0 Å². The second kappa shape index (κ2) is 13.0. The van der Waals surface area contributed by atoms with Crippen molar-refractivity contribution in [1.82, 2.24) is 5.32 Å². The SMILES string of the molecule is CCCCCCCCCC(NCCC)C1CCCCS1. The van der Waals surface area contributed by atoms with Crippen molar-refractivity contribution in [3.8, 4) is 0 Å². The van der Waals surface area contributed by atoms with E-state index in [1.165, 1.54) is 89.3 Å². The molecule has 2 atom stereocenters. The lowest BCUT2D eigenvalue weighted by Crippen LogP contribution is -2.39. The standard InChI is InChI=1S/C18H37NS/c1-3-5-6-7-8-9-10-13-17(19-15-4-2)18-14-11-12-16-20-18/h17-19H,3-16H2,1-2H3. The van der Waals surface area contributed by atoms with E-state index in [2.05, 4.69) is 30.9 Å². The first-order valence-electron chi connectivity index (χ1n) is 9.23. The summed E-state index contributed by atoms with van der Waals surface area (Å²) in [6.45, 7) is 5.79. The fourth-order valence-corrected chi connectivity index (χ4v) is 4.62. The van der Waals surface area contributed by atoms with Crippen molar-refractivity contribution in [3.05, 3.63) is 0 Å². The van der Waals surface area contributed by atoms with Gasteiger partial charge in [0, 0.05) is 11.3 Å². The molecule has 1 rings (SSSR count). The van der Waals surface area contributed by atoms with Crippen molar-refractivity contribution < 1.29 is 0 Å². The molecule has 1 aliphatic rings. The Kier molecular flexibility index (Phi) is 11.9. The molecule has 1 fully saturated rings. The largest absolute Gasteiger partial charge is 0.313 e. The highest BCUT2D eigenvalue weighted by molar-refractivity contribution is 8.00. The van der Waals surface area contributed by atoms with Crippen LogP contribution < -0.4 is 5.32 Å². The van der Waals surface area contributed by atoms with Crippen LogP contribution in [0.2, 0.25) is 0 Å². The Bertz CT molecular complexity index is 202. The van der Waals surface area contributed by atoms with Gasteiger partial charge in [-0.3, -0.25) is 0 Å². The average Bonchev–Trinajstić information content (AvgIpc) is 2.50. The number of rotatable bonds is 12. The van der Waals surface area contributed by atoms with E-state index < -0.39 is 0 Å². The van der Waals surface area contributed by atoms with E-state index in [-0.39, 0.29) is 0 Å². The van der Waals surface area contributed by atoms with Crippen molar-refractivity contribution >= 4 is 11.8 Å². The minimum absolute atomic E-state index is 0.788. The highest BCUT2D eigenvalue weighted by Gasteiger charge is 2.23. The summed E-state index contributed by atoms with van der Waals surface area (Å²) in [6.07, 6.45) is 17.1. The molecule has 0 aromatic heterocycles. The van der Waals surface area contributed by atoms with Crippen LogP contribution in [0.25, 0.3) is 0 Å². The molecule has 1 N–H and O–H groups in total. The molecule has 1 nitrogen and oxygen atoms in total. The minimum atomic E-state index is 0.788. The van der Waals surface area contributed by atoms with Gasteiger partial charge in [0.25, 0.3) is 0 Å². The van der Waals surface area contributed by atoms with Gasteiger partial charge < -0.3 is 5.32 Å². The fourth-order valence-electron chi connectivity index (χ4n) is 3.15. The normalized spacial score (nSPS) is 21.0. The molecule has 1 aliphatic heterocycles. The highest BCUT2D eigenvalue weighted by Crippen LogP contribution is 2.29. The number of hydrogen-bond donors (Lipinski definition) is 1. The van der Waals surface area contributed by atoms with Crippen LogP contribution in [-0.2, 0) is 0 Å². The Hall–Kier alpha value is 0.310. The first-order chi connectivity index (χ1) is 9.88. The predicted molar refractivity (Wildman–Crippen MR) is 94.8 cm³/mol. The van der Waals surface area contributed by atoms with Crippen LogP contribution >= 0.6 is 11.8 Å². The molecular formula is C18H37NS. The molecule has 1 saturated heterocycles. The maximum Gasteiger partial charge on any atom is 0.0201 e. The van der Waals surface area contributed by atoms with Gasteiger partial charge in [0.2, 0.25) is 0 Å². The van der Waals surface area contributed by atoms with Crippen molar-refractivity contribution in [1.29, 1.82) is 0 Å². The summed E-state index contributed by atoms with van der Waals surface area (Å²) in [5, 5.41) is 4.73. The summed E-state index contributed by atoms with van der Waals surface area (Å²) in [5.41, 5.74) is 0. The topological polar surface area (TPSA) is 12.0 Å². The third kappa shape index (κ3) is 8.56. The first kappa shape index (κ1) is 18.4. The third-order valence-corrected chi connectivity index (χ3v) is 5.96. The first-order valence-corrected chi connectivity index (χ1v) is 10.3. The minimum Gasteiger partial charge on any atom is -0.313 e. The Morgan fingerprint density at radius 2 is 1.70 bits per heavy atom. The van der Waals surface area contributed by atoms with Crippen molar-refractivity contribution in [2.45, 2.75) is 102 Å². The zero-order chi connectivity index (χ0) is 14.5. The van der Waals surface area contributed by atoms with Crippen LogP contribution in [0.3, 0.4) is 0 Å². The van der Waals surface area contributed by atoms with Crippen LogP contribution in [0.1, 0.15) is 90.9 Å². The van der Waals surface area contributed by atoms with Gasteiger partial charge in [0.05, 0.1) is 0 Å². The number of hydrogen-bond acceptors (Lipinski definition) is 2. The molecule has 1 heterocycles. The van der Waals surface area contributed by atoms with Gasteiger partial charge in [-0.2, -0.15) is 11.8 Å². The van der Waals surface area contributed by atoms with Crippen LogP contribution in [-0.4, -0.2) is 23.6 Å².